The lowest BCUT2D eigenvalue weighted by Crippen LogP contribution is -2.48. The van der Waals surface area contributed by atoms with Gasteiger partial charge in [-0.3, -0.25) is 4.90 Å². The van der Waals surface area contributed by atoms with Crippen molar-refractivity contribution in [3.63, 3.8) is 0 Å². The first kappa shape index (κ1) is 19.0. The van der Waals surface area contributed by atoms with E-state index in [1.807, 2.05) is 4.90 Å². The van der Waals surface area contributed by atoms with Gasteiger partial charge in [-0.2, -0.15) is 13.2 Å². The van der Waals surface area contributed by atoms with E-state index in [9.17, 15) is 21.6 Å². The van der Waals surface area contributed by atoms with Gasteiger partial charge >= 0.3 is 6.18 Å². The Balaban J connectivity index is 1.86. The van der Waals surface area contributed by atoms with E-state index in [0.29, 0.717) is 13.1 Å². The third-order valence-corrected chi connectivity index (χ3v) is 4.51. The molecule has 0 unspecified atom stereocenters. The van der Waals surface area contributed by atoms with Crippen molar-refractivity contribution < 1.29 is 26.3 Å². The highest BCUT2D eigenvalue weighted by atomic mass is 32.2. The number of benzene rings is 1. The number of ether oxygens (including phenoxy) is 1. The average molecular weight is 366 g/mol. The summed E-state index contributed by atoms with van der Waals surface area (Å²) < 4.78 is 69.1. The molecule has 1 heterocycles. The Labute approximate surface area is 139 Å². The van der Waals surface area contributed by atoms with Gasteiger partial charge in [-0.25, -0.2) is 13.1 Å². The molecule has 1 fully saturated rings. The first-order valence-electron chi connectivity index (χ1n) is 7.64. The minimum absolute atomic E-state index is 0.110. The van der Waals surface area contributed by atoms with Crippen LogP contribution in [0.4, 0.5) is 13.2 Å². The molecule has 5 nitrogen and oxygen atoms in total. The van der Waals surface area contributed by atoms with Crippen molar-refractivity contribution in [2.75, 3.05) is 32.5 Å². The second-order valence-electron chi connectivity index (χ2n) is 5.87. The van der Waals surface area contributed by atoms with E-state index in [-0.39, 0.29) is 18.4 Å². The van der Waals surface area contributed by atoms with Crippen LogP contribution >= 0.6 is 0 Å². The number of alkyl halides is 3. The second kappa shape index (κ2) is 7.71. The molecule has 0 amide bonds. The van der Waals surface area contributed by atoms with Gasteiger partial charge in [0, 0.05) is 19.1 Å². The van der Waals surface area contributed by atoms with Gasteiger partial charge in [0.15, 0.2) is 0 Å². The molecular weight excluding hydrogens is 345 g/mol. The molecule has 136 valence electrons. The van der Waals surface area contributed by atoms with Crippen LogP contribution < -0.4 is 9.46 Å². The Kier molecular flexibility index (Phi) is 6.11. The lowest BCUT2D eigenvalue weighted by molar-refractivity contribution is -0.139. The number of sulfonamides is 1. The van der Waals surface area contributed by atoms with Crippen LogP contribution in [-0.2, 0) is 16.2 Å². The Morgan fingerprint density at radius 2 is 2.04 bits per heavy atom. The highest BCUT2D eigenvalue weighted by molar-refractivity contribution is 7.88. The first-order chi connectivity index (χ1) is 11.1. The summed E-state index contributed by atoms with van der Waals surface area (Å²) in [7, 11) is -3.27. The zero-order valence-electron chi connectivity index (χ0n) is 13.3. The highest BCUT2D eigenvalue weighted by Crippen LogP contribution is 2.35. The van der Waals surface area contributed by atoms with Gasteiger partial charge in [0.05, 0.1) is 11.8 Å². The largest absolute Gasteiger partial charge is 0.492 e. The molecule has 1 saturated heterocycles. The molecule has 0 spiro atoms. The molecule has 0 saturated carbocycles. The average Bonchev–Trinajstić information content (AvgIpc) is 2.45. The predicted octanol–water partition coefficient (Wildman–Crippen LogP) is 2.10. The predicted molar refractivity (Wildman–Crippen MR) is 84.4 cm³/mol. The van der Waals surface area contributed by atoms with Gasteiger partial charge in [0.2, 0.25) is 10.0 Å². The molecule has 1 aliphatic rings. The first-order valence-corrected chi connectivity index (χ1v) is 9.53. The molecule has 1 aromatic carbocycles. The van der Waals surface area contributed by atoms with E-state index in [0.717, 1.165) is 31.7 Å². The fourth-order valence-corrected chi connectivity index (χ4v) is 3.57. The zero-order chi connectivity index (χ0) is 17.8. The van der Waals surface area contributed by atoms with Gasteiger partial charge in [0.1, 0.15) is 12.4 Å². The fraction of sp³-hybridized carbons (Fsp3) is 0.600. The molecule has 2 rings (SSSR count). The number of likely N-dealkylation sites (tertiary alicyclic amines) is 1. The van der Waals surface area contributed by atoms with Crippen LogP contribution in [-0.4, -0.2) is 51.9 Å². The number of hydrogen-bond acceptors (Lipinski definition) is 4. The van der Waals surface area contributed by atoms with Crippen molar-refractivity contribution >= 4 is 10.0 Å². The topological polar surface area (TPSA) is 58.6 Å². The summed E-state index contributed by atoms with van der Waals surface area (Å²) in [6.07, 6.45) is -1.76. The molecule has 0 aromatic heterocycles. The summed E-state index contributed by atoms with van der Waals surface area (Å²) in [6, 6.07) is 4.94. The van der Waals surface area contributed by atoms with E-state index in [4.69, 9.17) is 4.74 Å². The van der Waals surface area contributed by atoms with Gasteiger partial charge < -0.3 is 4.74 Å². The van der Waals surface area contributed by atoms with E-state index in [2.05, 4.69) is 4.72 Å². The van der Waals surface area contributed by atoms with Crippen molar-refractivity contribution in [3.8, 4) is 5.75 Å². The molecule has 9 heteroatoms. The summed E-state index contributed by atoms with van der Waals surface area (Å²) in [5, 5.41) is 0. The zero-order valence-corrected chi connectivity index (χ0v) is 14.2. The summed E-state index contributed by atoms with van der Waals surface area (Å²) in [6.45, 7) is 1.84. The minimum atomic E-state index is -4.45. The Bertz CT molecular complexity index is 650. The standard InChI is InChI=1S/C15H21F3N2O3S/c1-24(21,22)19-12-5-4-8-20(11-12)9-10-23-14-7-3-2-6-13(14)15(16,17)18/h2-3,6-7,12,19H,4-5,8-11H2,1H3/t12-/m1/s1. The Morgan fingerprint density at radius 3 is 2.71 bits per heavy atom. The molecule has 1 aliphatic heterocycles. The summed E-state index contributed by atoms with van der Waals surface area (Å²) in [5.74, 6) is -0.187. The highest BCUT2D eigenvalue weighted by Gasteiger charge is 2.34. The van der Waals surface area contributed by atoms with Crippen LogP contribution in [0.15, 0.2) is 24.3 Å². The molecule has 24 heavy (non-hydrogen) atoms. The normalized spacial score (nSPS) is 20.1. The van der Waals surface area contributed by atoms with E-state index < -0.39 is 21.8 Å². The van der Waals surface area contributed by atoms with E-state index in [1.165, 1.54) is 18.2 Å². The van der Waals surface area contributed by atoms with E-state index >= 15 is 0 Å². The number of rotatable bonds is 6. The third kappa shape index (κ3) is 5.95. The lowest BCUT2D eigenvalue weighted by atomic mass is 10.1. The molecule has 1 N–H and O–H groups in total. The van der Waals surface area contributed by atoms with Gasteiger partial charge in [-0.05, 0) is 31.5 Å². The number of piperidine rings is 1. The molecule has 1 aromatic rings. The Morgan fingerprint density at radius 1 is 1.33 bits per heavy atom. The van der Waals surface area contributed by atoms with Crippen molar-refractivity contribution in [2.24, 2.45) is 0 Å². The molecule has 1 atom stereocenters. The van der Waals surface area contributed by atoms with Crippen LogP contribution in [0.3, 0.4) is 0 Å². The van der Waals surface area contributed by atoms with Crippen molar-refractivity contribution in [3.05, 3.63) is 29.8 Å². The number of hydrogen-bond donors (Lipinski definition) is 1. The van der Waals surface area contributed by atoms with Crippen LogP contribution in [0, 0.1) is 0 Å². The second-order valence-corrected chi connectivity index (χ2v) is 7.65. The Hall–Kier alpha value is -1.32. The smallest absolute Gasteiger partial charge is 0.419 e. The van der Waals surface area contributed by atoms with Gasteiger partial charge in [-0.15, -0.1) is 0 Å². The maximum atomic E-state index is 12.9. The quantitative estimate of drug-likeness (QED) is 0.838. The number of halogens is 3. The van der Waals surface area contributed by atoms with Crippen LogP contribution in [0.25, 0.3) is 0 Å². The fourth-order valence-electron chi connectivity index (χ4n) is 2.77. The molecular formula is C15H21F3N2O3S. The molecule has 0 radical (unpaired) electrons. The minimum Gasteiger partial charge on any atom is -0.492 e. The summed E-state index contributed by atoms with van der Waals surface area (Å²) >= 11 is 0. The van der Waals surface area contributed by atoms with Gasteiger partial charge in [-0.1, -0.05) is 12.1 Å². The van der Waals surface area contributed by atoms with Crippen molar-refractivity contribution in [1.82, 2.24) is 9.62 Å². The van der Waals surface area contributed by atoms with Crippen LogP contribution in [0.1, 0.15) is 18.4 Å². The molecule has 0 aliphatic carbocycles. The van der Waals surface area contributed by atoms with Crippen molar-refractivity contribution in [2.45, 2.75) is 25.1 Å². The molecule has 0 bridgehead atoms. The third-order valence-electron chi connectivity index (χ3n) is 3.74. The maximum Gasteiger partial charge on any atom is 0.419 e. The van der Waals surface area contributed by atoms with Crippen molar-refractivity contribution in [1.29, 1.82) is 0 Å². The van der Waals surface area contributed by atoms with E-state index in [1.54, 1.807) is 0 Å². The lowest BCUT2D eigenvalue weighted by Gasteiger charge is -2.32. The number of nitrogens with zero attached hydrogens (tertiary/aromatic N) is 1. The SMILES string of the molecule is CS(=O)(=O)N[C@@H]1CCCN(CCOc2ccccc2C(F)(F)F)C1. The number of nitrogens with one attached hydrogen (secondary N) is 1. The monoisotopic (exact) mass is 366 g/mol. The van der Waals surface area contributed by atoms with Crippen LogP contribution in [0.5, 0.6) is 5.75 Å². The van der Waals surface area contributed by atoms with Crippen LogP contribution in [0.2, 0.25) is 0 Å². The van der Waals surface area contributed by atoms with Gasteiger partial charge in [0.25, 0.3) is 0 Å². The number of para-hydroxylation sites is 1. The summed E-state index contributed by atoms with van der Waals surface area (Å²) in [4.78, 5) is 1.99. The maximum absolute atomic E-state index is 12.9. The summed E-state index contributed by atoms with van der Waals surface area (Å²) in [5.41, 5.74) is -0.791.